The van der Waals surface area contributed by atoms with Gasteiger partial charge in [-0.2, -0.15) is 0 Å². The third-order valence-electron chi connectivity index (χ3n) is 1.93. The highest BCUT2D eigenvalue weighted by molar-refractivity contribution is 7.89. The van der Waals surface area contributed by atoms with Crippen LogP contribution in [0.15, 0.2) is 29.2 Å². The average molecular weight is 229 g/mol. The maximum atomic E-state index is 11.7. The molecule has 0 unspecified atom stereocenters. The van der Waals surface area contributed by atoms with Gasteiger partial charge in [-0.1, -0.05) is 12.1 Å². The summed E-state index contributed by atoms with van der Waals surface area (Å²) in [5, 5.41) is 8.54. The lowest BCUT2D eigenvalue weighted by molar-refractivity contribution is 0.289. The molecule has 0 spiro atoms. The van der Waals surface area contributed by atoms with Crippen molar-refractivity contribution < 1.29 is 13.5 Å². The summed E-state index contributed by atoms with van der Waals surface area (Å²) in [4.78, 5) is 0.264. The number of aliphatic hydroxyl groups is 1. The van der Waals surface area contributed by atoms with Gasteiger partial charge in [-0.3, -0.25) is 0 Å². The van der Waals surface area contributed by atoms with Crippen LogP contribution in [0.5, 0.6) is 0 Å². The lowest BCUT2D eigenvalue weighted by atomic mass is 10.2. The van der Waals surface area contributed by atoms with Crippen LogP contribution in [0.3, 0.4) is 0 Å². The zero-order valence-electron chi connectivity index (χ0n) is 8.60. The van der Waals surface area contributed by atoms with E-state index in [2.05, 4.69) is 4.72 Å². The van der Waals surface area contributed by atoms with Gasteiger partial charge in [0.05, 0.1) is 4.90 Å². The highest BCUT2D eigenvalue weighted by atomic mass is 32.2. The Labute approximate surface area is 90.0 Å². The summed E-state index contributed by atoms with van der Waals surface area (Å²) in [6.45, 7) is 2.08. The van der Waals surface area contributed by atoms with Crippen molar-refractivity contribution in [2.75, 3.05) is 13.2 Å². The van der Waals surface area contributed by atoms with E-state index in [1.165, 1.54) is 0 Å². The van der Waals surface area contributed by atoms with Crippen LogP contribution in [0.25, 0.3) is 0 Å². The van der Waals surface area contributed by atoms with Gasteiger partial charge in [-0.15, -0.1) is 0 Å². The molecule has 0 aliphatic rings. The van der Waals surface area contributed by atoms with E-state index in [4.69, 9.17) is 5.11 Å². The molecule has 15 heavy (non-hydrogen) atoms. The summed E-state index contributed by atoms with van der Waals surface area (Å²) in [6, 6.07) is 6.71. The summed E-state index contributed by atoms with van der Waals surface area (Å²) in [5.41, 5.74) is 0.903. The number of hydrogen-bond donors (Lipinski definition) is 2. The highest BCUT2D eigenvalue weighted by Crippen LogP contribution is 2.10. The Morgan fingerprint density at radius 3 is 2.73 bits per heavy atom. The first-order valence-electron chi connectivity index (χ1n) is 4.73. The Bertz CT molecular complexity index is 414. The fourth-order valence-electron chi connectivity index (χ4n) is 1.15. The topological polar surface area (TPSA) is 66.4 Å². The number of nitrogens with one attached hydrogen (secondary N) is 1. The standard InChI is InChI=1S/C10H15NO3S/c1-9-4-2-5-10(8-9)15(13,14)11-6-3-7-12/h2,4-5,8,11-12H,3,6-7H2,1H3. The van der Waals surface area contributed by atoms with Gasteiger partial charge in [0.1, 0.15) is 0 Å². The first-order chi connectivity index (χ1) is 7.06. The molecule has 0 radical (unpaired) electrons. The second kappa shape index (κ2) is 5.25. The van der Waals surface area contributed by atoms with E-state index in [0.717, 1.165) is 5.56 Å². The number of hydrogen-bond acceptors (Lipinski definition) is 3. The predicted molar refractivity (Wildman–Crippen MR) is 58.1 cm³/mol. The van der Waals surface area contributed by atoms with Crippen LogP contribution < -0.4 is 4.72 Å². The second-order valence-corrected chi connectivity index (χ2v) is 5.06. The van der Waals surface area contributed by atoms with Crippen molar-refractivity contribution in [1.82, 2.24) is 4.72 Å². The lowest BCUT2D eigenvalue weighted by Crippen LogP contribution is -2.25. The molecule has 1 rings (SSSR count). The fraction of sp³-hybridized carbons (Fsp3) is 0.400. The van der Waals surface area contributed by atoms with Gasteiger partial charge < -0.3 is 5.11 Å². The minimum Gasteiger partial charge on any atom is -0.396 e. The van der Waals surface area contributed by atoms with Gasteiger partial charge in [-0.25, -0.2) is 13.1 Å². The van der Waals surface area contributed by atoms with Crippen molar-refractivity contribution in [2.24, 2.45) is 0 Å². The summed E-state index contributed by atoms with van der Waals surface area (Å²) < 4.78 is 25.7. The third-order valence-corrected chi connectivity index (χ3v) is 3.39. The van der Waals surface area contributed by atoms with Gasteiger partial charge in [0.2, 0.25) is 10.0 Å². The Balaban J connectivity index is 2.77. The van der Waals surface area contributed by atoms with Crippen LogP contribution in [0.1, 0.15) is 12.0 Å². The molecule has 2 N–H and O–H groups in total. The van der Waals surface area contributed by atoms with Crippen molar-refractivity contribution in [1.29, 1.82) is 0 Å². The molecule has 0 aliphatic heterocycles. The van der Waals surface area contributed by atoms with Crippen molar-refractivity contribution in [3.05, 3.63) is 29.8 Å². The molecule has 1 aromatic carbocycles. The van der Waals surface area contributed by atoms with Gasteiger partial charge in [0, 0.05) is 13.2 Å². The van der Waals surface area contributed by atoms with Crippen LogP contribution in [0.4, 0.5) is 0 Å². The van der Waals surface area contributed by atoms with E-state index < -0.39 is 10.0 Å². The number of sulfonamides is 1. The minimum absolute atomic E-state index is 0.0175. The Morgan fingerprint density at radius 2 is 2.13 bits per heavy atom. The quantitative estimate of drug-likeness (QED) is 0.729. The van der Waals surface area contributed by atoms with E-state index in [9.17, 15) is 8.42 Å². The molecule has 0 fully saturated rings. The SMILES string of the molecule is Cc1cccc(S(=O)(=O)NCCCO)c1. The maximum absolute atomic E-state index is 11.7. The molecule has 0 aliphatic carbocycles. The molecule has 0 saturated carbocycles. The molecular formula is C10H15NO3S. The van der Waals surface area contributed by atoms with E-state index in [0.29, 0.717) is 6.42 Å². The Kier molecular flexibility index (Phi) is 4.26. The Hall–Kier alpha value is -0.910. The average Bonchev–Trinajstić information content (AvgIpc) is 2.18. The number of rotatable bonds is 5. The number of benzene rings is 1. The van der Waals surface area contributed by atoms with Gasteiger partial charge in [0.25, 0.3) is 0 Å². The van der Waals surface area contributed by atoms with Crippen LogP contribution in [-0.4, -0.2) is 26.7 Å². The summed E-state index contributed by atoms with van der Waals surface area (Å²) >= 11 is 0. The van der Waals surface area contributed by atoms with Crippen LogP contribution in [-0.2, 0) is 10.0 Å². The molecule has 0 atom stereocenters. The summed E-state index contributed by atoms with van der Waals surface area (Å²) in [6.07, 6.45) is 0.422. The molecule has 0 heterocycles. The largest absolute Gasteiger partial charge is 0.396 e. The summed E-state index contributed by atoms with van der Waals surface area (Å²) in [5.74, 6) is 0. The molecule has 84 valence electrons. The van der Waals surface area contributed by atoms with Gasteiger partial charge >= 0.3 is 0 Å². The lowest BCUT2D eigenvalue weighted by Gasteiger charge is -2.06. The smallest absolute Gasteiger partial charge is 0.240 e. The van der Waals surface area contributed by atoms with E-state index in [1.54, 1.807) is 18.2 Å². The van der Waals surface area contributed by atoms with Crippen molar-refractivity contribution in [3.63, 3.8) is 0 Å². The van der Waals surface area contributed by atoms with Crippen molar-refractivity contribution in [2.45, 2.75) is 18.2 Å². The molecular weight excluding hydrogens is 214 g/mol. The van der Waals surface area contributed by atoms with E-state index in [1.807, 2.05) is 13.0 Å². The van der Waals surface area contributed by atoms with E-state index >= 15 is 0 Å². The zero-order chi connectivity index (χ0) is 11.3. The summed E-state index contributed by atoms with van der Waals surface area (Å²) in [7, 11) is -3.42. The normalized spacial score (nSPS) is 11.6. The molecule has 4 nitrogen and oxygen atoms in total. The van der Waals surface area contributed by atoms with Crippen molar-refractivity contribution in [3.8, 4) is 0 Å². The van der Waals surface area contributed by atoms with Crippen LogP contribution in [0.2, 0.25) is 0 Å². The minimum atomic E-state index is -3.42. The highest BCUT2D eigenvalue weighted by Gasteiger charge is 2.12. The first kappa shape index (κ1) is 12.2. The Morgan fingerprint density at radius 1 is 1.40 bits per heavy atom. The van der Waals surface area contributed by atoms with Crippen LogP contribution >= 0.6 is 0 Å². The third kappa shape index (κ3) is 3.62. The maximum Gasteiger partial charge on any atom is 0.240 e. The van der Waals surface area contributed by atoms with Crippen molar-refractivity contribution >= 4 is 10.0 Å². The molecule has 5 heteroatoms. The number of aryl methyl sites for hydroxylation is 1. The monoisotopic (exact) mass is 229 g/mol. The molecule has 0 aromatic heterocycles. The van der Waals surface area contributed by atoms with Gasteiger partial charge in [-0.05, 0) is 31.0 Å². The number of aliphatic hydroxyl groups excluding tert-OH is 1. The van der Waals surface area contributed by atoms with E-state index in [-0.39, 0.29) is 18.0 Å². The first-order valence-corrected chi connectivity index (χ1v) is 6.22. The van der Waals surface area contributed by atoms with Gasteiger partial charge in [0.15, 0.2) is 0 Å². The molecule has 0 bridgehead atoms. The second-order valence-electron chi connectivity index (χ2n) is 3.29. The predicted octanol–water partition coefficient (Wildman–Crippen LogP) is 0.656. The molecule has 1 aromatic rings. The fourth-order valence-corrected chi connectivity index (χ4v) is 2.33. The molecule has 0 amide bonds. The molecule has 0 saturated heterocycles. The van der Waals surface area contributed by atoms with Crippen LogP contribution in [0, 0.1) is 6.92 Å². The zero-order valence-corrected chi connectivity index (χ0v) is 9.42.